The summed E-state index contributed by atoms with van der Waals surface area (Å²) in [4.78, 5) is 16.3. The molecule has 6 heteroatoms. The van der Waals surface area contributed by atoms with E-state index in [-0.39, 0.29) is 12.4 Å². The Morgan fingerprint density at radius 2 is 2.25 bits per heavy atom. The molecule has 0 amide bonds. The minimum Gasteiger partial charge on any atom is -0.466 e. The van der Waals surface area contributed by atoms with Gasteiger partial charge in [0.25, 0.3) is 0 Å². The first-order valence-corrected chi connectivity index (χ1v) is 6.47. The van der Waals surface area contributed by atoms with Crippen LogP contribution in [0.1, 0.15) is 24.6 Å². The first-order chi connectivity index (χ1) is 9.60. The van der Waals surface area contributed by atoms with Crippen molar-refractivity contribution in [3.63, 3.8) is 0 Å². The van der Waals surface area contributed by atoms with Crippen LogP contribution in [-0.2, 0) is 16.0 Å². The lowest BCUT2D eigenvalue weighted by molar-refractivity contribution is -0.143. The lowest BCUT2D eigenvalue weighted by Crippen LogP contribution is -2.05. The van der Waals surface area contributed by atoms with E-state index >= 15 is 0 Å². The molecule has 2 rings (SSSR count). The molecule has 1 N–H and O–H groups in total. The van der Waals surface area contributed by atoms with Crippen LogP contribution in [0, 0.1) is 6.92 Å². The van der Waals surface area contributed by atoms with Crippen molar-refractivity contribution >= 4 is 5.97 Å². The Morgan fingerprint density at radius 1 is 1.45 bits per heavy atom. The van der Waals surface area contributed by atoms with Gasteiger partial charge in [-0.15, -0.1) is 5.10 Å². The largest absolute Gasteiger partial charge is 0.466 e. The Morgan fingerprint density at radius 3 is 2.90 bits per heavy atom. The first-order valence-electron chi connectivity index (χ1n) is 6.47. The van der Waals surface area contributed by atoms with Crippen LogP contribution in [0.15, 0.2) is 24.4 Å². The van der Waals surface area contributed by atoms with E-state index in [1.165, 1.54) is 0 Å². The minimum absolute atomic E-state index is 0.242. The molecule has 6 nitrogen and oxygen atoms in total. The first kappa shape index (κ1) is 14.0. The second kappa shape index (κ2) is 6.18. The third-order valence-corrected chi connectivity index (χ3v) is 2.81. The minimum atomic E-state index is -0.269. The van der Waals surface area contributed by atoms with E-state index in [1.54, 1.807) is 19.2 Å². The fraction of sp³-hybridized carbons (Fsp3) is 0.357. The van der Waals surface area contributed by atoms with E-state index in [2.05, 4.69) is 10.1 Å². The van der Waals surface area contributed by atoms with Gasteiger partial charge < -0.3 is 9.94 Å². The van der Waals surface area contributed by atoms with E-state index in [4.69, 9.17) is 4.74 Å². The molecule has 2 aromatic rings. The van der Waals surface area contributed by atoms with Crippen LogP contribution in [0.3, 0.4) is 0 Å². The van der Waals surface area contributed by atoms with Gasteiger partial charge in [0.15, 0.2) is 0 Å². The third-order valence-electron chi connectivity index (χ3n) is 2.81. The lowest BCUT2D eigenvalue weighted by Gasteiger charge is -1.99. The summed E-state index contributed by atoms with van der Waals surface area (Å²) in [6, 6.07) is 5.44. The molecule has 0 aliphatic carbocycles. The van der Waals surface area contributed by atoms with Gasteiger partial charge in [-0.2, -0.15) is 0 Å². The number of aromatic nitrogens is 3. The van der Waals surface area contributed by atoms with Crippen LogP contribution in [0.5, 0.6) is 0 Å². The summed E-state index contributed by atoms with van der Waals surface area (Å²) in [5, 5.41) is 13.7. The summed E-state index contributed by atoms with van der Waals surface area (Å²) >= 11 is 0. The molecule has 106 valence electrons. The Balaban J connectivity index is 2.09. The van der Waals surface area contributed by atoms with E-state index in [0.29, 0.717) is 30.1 Å². The number of hydrogen-bond donors (Lipinski definition) is 1. The van der Waals surface area contributed by atoms with E-state index in [1.807, 2.05) is 19.1 Å². The molecule has 0 fully saturated rings. The van der Waals surface area contributed by atoms with Gasteiger partial charge >= 0.3 is 5.97 Å². The van der Waals surface area contributed by atoms with Crippen molar-refractivity contribution < 1.29 is 14.7 Å². The molecule has 0 spiro atoms. The van der Waals surface area contributed by atoms with Crippen molar-refractivity contribution in [3.05, 3.63) is 35.7 Å². The maximum Gasteiger partial charge on any atom is 0.306 e. The lowest BCUT2D eigenvalue weighted by atomic mass is 10.2. The number of rotatable bonds is 5. The van der Waals surface area contributed by atoms with Gasteiger partial charge in [-0.1, -0.05) is 10.9 Å². The molecule has 0 bridgehead atoms. The van der Waals surface area contributed by atoms with Gasteiger partial charge in [-0.3, -0.25) is 9.78 Å². The smallest absolute Gasteiger partial charge is 0.306 e. The topological polar surface area (TPSA) is 77.2 Å². The number of esters is 1. The van der Waals surface area contributed by atoms with Crippen LogP contribution in [0.2, 0.25) is 0 Å². The fourth-order valence-electron chi connectivity index (χ4n) is 1.80. The molecule has 0 radical (unpaired) electrons. The average Bonchev–Trinajstić information content (AvgIpc) is 2.79. The van der Waals surface area contributed by atoms with Crippen molar-refractivity contribution in [1.82, 2.24) is 14.9 Å². The number of pyridine rings is 1. The fourth-order valence-corrected chi connectivity index (χ4v) is 1.80. The molecule has 0 aliphatic heterocycles. The van der Waals surface area contributed by atoms with Crippen LogP contribution in [0.4, 0.5) is 0 Å². The van der Waals surface area contributed by atoms with Crippen molar-refractivity contribution in [2.75, 3.05) is 6.61 Å². The van der Waals surface area contributed by atoms with Gasteiger partial charge in [0.05, 0.1) is 24.4 Å². The van der Waals surface area contributed by atoms with Crippen LogP contribution < -0.4 is 0 Å². The average molecular weight is 275 g/mol. The summed E-state index contributed by atoms with van der Waals surface area (Å²) in [7, 11) is 0. The van der Waals surface area contributed by atoms with Crippen LogP contribution in [-0.4, -0.2) is 32.7 Å². The monoisotopic (exact) mass is 275 g/mol. The van der Waals surface area contributed by atoms with Gasteiger partial charge in [-0.25, -0.2) is 0 Å². The summed E-state index contributed by atoms with van der Waals surface area (Å²) < 4.78 is 4.85. The molecule has 0 unspecified atom stereocenters. The molecule has 2 heterocycles. The summed E-state index contributed by atoms with van der Waals surface area (Å²) in [5.41, 5.74) is 2.80. The zero-order valence-corrected chi connectivity index (χ0v) is 11.5. The van der Waals surface area contributed by atoms with E-state index in [9.17, 15) is 10.0 Å². The van der Waals surface area contributed by atoms with Crippen molar-refractivity contribution in [2.45, 2.75) is 26.7 Å². The molecule has 20 heavy (non-hydrogen) atoms. The van der Waals surface area contributed by atoms with Crippen LogP contribution in [0.25, 0.3) is 11.4 Å². The Hall–Kier alpha value is -2.37. The number of ether oxygens (including phenoxy) is 1. The molecule has 0 aromatic carbocycles. The SMILES string of the molecule is CCOC(=O)CCc1cc(-c2ccc(C)cn2)n(O)n1. The van der Waals surface area contributed by atoms with Gasteiger partial charge in [0, 0.05) is 12.6 Å². The van der Waals surface area contributed by atoms with E-state index < -0.39 is 0 Å². The number of hydrogen-bond acceptors (Lipinski definition) is 5. The third kappa shape index (κ3) is 3.34. The molecule has 0 saturated heterocycles. The van der Waals surface area contributed by atoms with Gasteiger partial charge in [0.2, 0.25) is 0 Å². The maximum atomic E-state index is 11.3. The van der Waals surface area contributed by atoms with Crippen molar-refractivity contribution in [1.29, 1.82) is 0 Å². The highest BCUT2D eigenvalue weighted by atomic mass is 16.5. The second-order valence-corrected chi connectivity index (χ2v) is 4.44. The summed E-state index contributed by atoms with van der Waals surface area (Å²) in [6.07, 6.45) is 2.39. The number of nitrogens with zero attached hydrogens (tertiary/aromatic N) is 3. The molecular formula is C14H17N3O3. The number of carbonyl (C=O) groups is 1. The Labute approximate surface area is 117 Å². The second-order valence-electron chi connectivity index (χ2n) is 4.44. The molecule has 2 aromatic heterocycles. The van der Waals surface area contributed by atoms with Crippen molar-refractivity contribution in [3.8, 4) is 11.4 Å². The highest BCUT2D eigenvalue weighted by Crippen LogP contribution is 2.18. The Kier molecular flexibility index (Phi) is 4.34. The zero-order valence-electron chi connectivity index (χ0n) is 11.5. The van der Waals surface area contributed by atoms with Gasteiger partial charge in [0.1, 0.15) is 5.69 Å². The standard InChI is InChI=1S/C14H17N3O3/c1-3-20-14(18)7-5-11-8-13(17(19)16-11)12-6-4-10(2)9-15-12/h4,6,8-9,19H,3,5,7H2,1-2H3. The summed E-state index contributed by atoms with van der Waals surface area (Å²) in [5.74, 6) is -0.269. The molecule has 0 atom stereocenters. The molecular weight excluding hydrogens is 258 g/mol. The predicted octanol–water partition coefficient (Wildman–Crippen LogP) is 1.99. The molecule has 0 saturated carbocycles. The Bertz CT molecular complexity index is 590. The number of carbonyl (C=O) groups excluding carboxylic acids is 1. The van der Waals surface area contributed by atoms with Crippen LogP contribution >= 0.6 is 0 Å². The van der Waals surface area contributed by atoms with Crippen molar-refractivity contribution in [2.24, 2.45) is 0 Å². The van der Waals surface area contributed by atoms with E-state index in [0.717, 1.165) is 10.4 Å². The quantitative estimate of drug-likeness (QED) is 0.667. The molecule has 0 aliphatic rings. The number of aryl methyl sites for hydroxylation is 2. The summed E-state index contributed by atoms with van der Waals surface area (Å²) in [6.45, 7) is 4.07. The predicted molar refractivity (Wildman–Crippen MR) is 72.3 cm³/mol. The van der Waals surface area contributed by atoms with Gasteiger partial charge in [-0.05, 0) is 31.5 Å². The normalized spacial score (nSPS) is 10.5. The highest BCUT2D eigenvalue weighted by Gasteiger charge is 2.12. The maximum absolute atomic E-state index is 11.3. The highest BCUT2D eigenvalue weighted by molar-refractivity contribution is 5.69. The zero-order chi connectivity index (χ0) is 14.5.